The Morgan fingerprint density at radius 1 is 1.79 bits per heavy atom. The highest BCUT2D eigenvalue weighted by atomic mass is 32.1. The minimum atomic E-state index is -0.407. The van der Waals surface area contributed by atoms with Crippen molar-refractivity contribution in [2.24, 2.45) is 5.73 Å². The fourth-order valence-corrected chi connectivity index (χ4v) is 2.65. The fourth-order valence-electron chi connectivity index (χ4n) is 1.89. The van der Waals surface area contributed by atoms with Crippen molar-refractivity contribution in [2.75, 3.05) is 26.9 Å². The number of carbonyl (C=O) groups excluding carboxylic acids is 1. The molecule has 0 bridgehead atoms. The van der Waals surface area contributed by atoms with Crippen molar-refractivity contribution in [2.45, 2.75) is 25.0 Å². The molecule has 2 unspecified atom stereocenters. The molecule has 0 saturated carbocycles. The van der Waals surface area contributed by atoms with Crippen molar-refractivity contribution in [1.29, 1.82) is 0 Å². The summed E-state index contributed by atoms with van der Waals surface area (Å²) in [4.78, 5) is 16.2. The van der Waals surface area contributed by atoms with Gasteiger partial charge in [0.25, 0.3) is 5.91 Å². The Labute approximate surface area is 116 Å². The van der Waals surface area contributed by atoms with Gasteiger partial charge < -0.3 is 20.5 Å². The van der Waals surface area contributed by atoms with Gasteiger partial charge >= 0.3 is 0 Å². The number of aromatic nitrogens is 1. The van der Waals surface area contributed by atoms with Gasteiger partial charge in [-0.15, -0.1) is 11.3 Å². The molecule has 2 rings (SSSR count). The largest absolute Gasteiger partial charge is 0.378 e. The van der Waals surface area contributed by atoms with Crippen LogP contribution in [0.1, 0.15) is 34.9 Å². The van der Waals surface area contributed by atoms with E-state index in [0.717, 1.165) is 11.4 Å². The second-order valence-corrected chi connectivity index (χ2v) is 5.62. The van der Waals surface area contributed by atoms with Crippen LogP contribution < -0.4 is 11.1 Å². The molecular formula is C12H19N3O3S. The number of nitrogens with two attached hydrogens (primary N) is 1. The molecule has 1 aromatic heterocycles. The number of hydrogen-bond donors (Lipinski definition) is 2. The first-order valence-electron chi connectivity index (χ1n) is 6.18. The SMILES string of the molecule is COC1(CNC(=O)c2csc(C(C)N)n2)CCOC1. The fraction of sp³-hybridized carbons (Fsp3) is 0.667. The average molecular weight is 285 g/mol. The zero-order chi connectivity index (χ0) is 13.9. The number of carbonyl (C=O) groups is 1. The molecule has 0 spiro atoms. The normalized spacial score (nSPS) is 24.4. The Bertz CT molecular complexity index is 441. The lowest BCUT2D eigenvalue weighted by Gasteiger charge is -2.25. The van der Waals surface area contributed by atoms with Gasteiger partial charge in [-0.05, 0) is 6.92 Å². The predicted octanol–water partition coefficient (Wildman–Crippen LogP) is 0.698. The lowest BCUT2D eigenvalue weighted by molar-refractivity contribution is -0.0149. The van der Waals surface area contributed by atoms with Crippen molar-refractivity contribution in [3.63, 3.8) is 0 Å². The number of nitrogens with zero attached hydrogens (tertiary/aromatic N) is 1. The number of hydrogen-bond acceptors (Lipinski definition) is 6. The van der Waals surface area contributed by atoms with Crippen molar-refractivity contribution in [3.8, 4) is 0 Å². The molecule has 1 fully saturated rings. The van der Waals surface area contributed by atoms with Crippen LogP contribution >= 0.6 is 11.3 Å². The number of amides is 1. The van der Waals surface area contributed by atoms with Gasteiger partial charge in [0, 0.05) is 32.1 Å². The molecule has 1 amide bonds. The number of rotatable bonds is 5. The topological polar surface area (TPSA) is 86.5 Å². The van der Waals surface area contributed by atoms with Gasteiger partial charge in [-0.1, -0.05) is 0 Å². The first kappa shape index (κ1) is 14.4. The molecule has 19 heavy (non-hydrogen) atoms. The zero-order valence-corrected chi connectivity index (χ0v) is 12.0. The average Bonchev–Trinajstić information content (AvgIpc) is 3.06. The van der Waals surface area contributed by atoms with Crippen molar-refractivity contribution in [1.82, 2.24) is 10.3 Å². The Morgan fingerprint density at radius 3 is 3.11 bits per heavy atom. The van der Waals surface area contributed by atoms with Crippen molar-refractivity contribution < 1.29 is 14.3 Å². The van der Waals surface area contributed by atoms with Crippen molar-refractivity contribution in [3.05, 3.63) is 16.1 Å². The van der Waals surface area contributed by atoms with E-state index in [-0.39, 0.29) is 11.9 Å². The van der Waals surface area contributed by atoms with Gasteiger partial charge in [0.2, 0.25) is 0 Å². The quantitative estimate of drug-likeness (QED) is 0.831. The Kier molecular flexibility index (Phi) is 4.51. The first-order chi connectivity index (χ1) is 9.06. The van der Waals surface area contributed by atoms with E-state index in [1.807, 2.05) is 6.92 Å². The third-order valence-electron chi connectivity index (χ3n) is 3.22. The van der Waals surface area contributed by atoms with Crippen LogP contribution in [-0.4, -0.2) is 43.4 Å². The van der Waals surface area contributed by atoms with Crippen molar-refractivity contribution >= 4 is 17.2 Å². The number of nitrogens with one attached hydrogen (secondary N) is 1. The van der Waals surface area contributed by atoms with E-state index in [1.165, 1.54) is 11.3 Å². The molecule has 106 valence electrons. The van der Waals surface area contributed by atoms with E-state index < -0.39 is 5.60 Å². The summed E-state index contributed by atoms with van der Waals surface area (Å²) in [5.74, 6) is -0.202. The van der Waals surface area contributed by atoms with Gasteiger partial charge in [-0.25, -0.2) is 4.98 Å². The van der Waals surface area contributed by atoms with Gasteiger partial charge in [0.05, 0.1) is 12.6 Å². The zero-order valence-electron chi connectivity index (χ0n) is 11.1. The van der Waals surface area contributed by atoms with E-state index in [4.69, 9.17) is 15.2 Å². The van der Waals surface area contributed by atoms with E-state index in [0.29, 0.717) is 25.5 Å². The summed E-state index contributed by atoms with van der Waals surface area (Å²) >= 11 is 1.40. The summed E-state index contributed by atoms with van der Waals surface area (Å²) in [7, 11) is 1.64. The second kappa shape index (κ2) is 5.96. The Morgan fingerprint density at radius 2 is 2.58 bits per heavy atom. The summed E-state index contributed by atoms with van der Waals surface area (Å²) < 4.78 is 10.8. The summed E-state index contributed by atoms with van der Waals surface area (Å²) in [6.07, 6.45) is 0.784. The summed E-state index contributed by atoms with van der Waals surface area (Å²) in [5, 5.41) is 5.33. The molecule has 2 heterocycles. The summed E-state index contributed by atoms with van der Waals surface area (Å²) in [6.45, 7) is 3.44. The minimum absolute atomic E-state index is 0.153. The maximum atomic E-state index is 12.0. The molecule has 1 saturated heterocycles. The predicted molar refractivity (Wildman–Crippen MR) is 72.2 cm³/mol. The molecule has 2 atom stereocenters. The van der Waals surface area contributed by atoms with Crippen LogP contribution in [-0.2, 0) is 9.47 Å². The molecule has 3 N–H and O–H groups in total. The highest BCUT2D eigenvalue weighted by Gasteiger charge is 2.35. The van der Waals surface area contributed by atoms with Crippen LogP contribution in [0.5, 0.6) is 0 Å². The number of ether oxygens (including phenoxy) is 2. The van der Waals surface area contributed by atoms with Gasteiger partial charge in [0.1, 0.15) is 16.3 Å². The van der Waals surface area contributed by atoms with E-state index in [9.17, 15) is 4.79 Å². The number of thiazole rings is 1. The van der Waals surface area contributed by atoms with Gasteiger partial charge in [-0.3, -0.25) is 4.79 Å². The third-order valence-corrected chi connectivity index (χ3v) is 4.26. The molecule has 1 aliphatic rings. The first-order valence-corrected chi connectivity index (χ1v) is 7.06. The molecule has 0 radical (unpaired) electrons. The maximum absolute atomic E-state index is 12.0. The summed E-state index contributed by atoms with van der Waals surface area (Å²) in [5.41, 5.74) is 5.72. The standard InChI is InChI=1S/C12H19N3O3S/c1-8(13)11-15-9(5-19-11)10(16)14-6-12(17-2)3-4-18-7-12/h5,8H,3-4,6-7,13H2,1-2H3,(H,14,16). The molecule has 7 heteroatoms. The van der Waals surface area contributed by atoms with Crippen LogP contribution in [0.4, 0.5) is 0 Å². The Balaban J connectivity index is 1.93. The molecular weight excluding hydrogens is 266 g/mol. The van der Waals surface area contributed by atoms with Crippen LogP contribution in [0, 0.1) is 0 Å². The summed E-state index contributed by atoms with van der Waals surface area (Å²) in [6, 6.07) is -0.153. The molecule has 1 aliphatic heterocycles. The smallest absolute Gasteiger partial charge is 0.270 e. The van der Waals surface area contributed by atoms with Crippen LogP contribution in [0.2, 0.25) is 0 Å². The maximum Gasteiger partial charge on any atom is 0.270 e. The van der Waals surface area contributed by atoms with Crippen LogP contribution in [0.15, 0.2) is 5.38 Å². The van der Waals surface area contributed by atoms with E-state index in [1.54, 1.807) is 12.5 Å². The lowest BCUT2D eigenvalue weighted by Crippen LogP contribution is -2.45. The molecule has 6 nitrogen and oxygen atoms in total. The Hall–Kier alpha value is -1.02. The third kappa shape index (κ3) is 3.30. The van der Waals surface area contributed by atoms with E-state index in [2.05, 4.69) is 10.3 Å². The minimum Gasteiger partial charge on any atom is -0.378 e. The lowest BCUT2D eigenvalue weighted by atomic mass is 10.0. The van der Waals surface area contributed by atoms with Gasteiger partial charge in [-0.2, -0.15) is 0 Å². The molecule has 0 aromatic carbocycles. The van der Waals surface area contributed by atoms with Crippen LogP contribution in [0.3, 0.4) is 0 Å². The van der Waals surface area contributed by atoms with Crippen LogP contribution in [0.25, 0.3) is 0 Å². The highest BCUT2D eigenvalue weighted by Crippen LogP contribution is 2.22. The van der Waals surface area contributed by atoms with E-state index >= 15 is 0 Å². The highest BCUT2D eigenvalue weighted by molar-refractivity contribution is 7.09. The second-order valence-electron chi connectivity index (χ2n) is 4.73. The molecule has 1 aromatic rings. The number of methoxy groups -OCH3 is 1. The monoisotopic (exact) mass is 285 g/mol. The van der Waals surface area contributed by atoms with Gasteiger partial charge in [0.15, 0.2) is 0 Å². The molecule has 0 aliphatic carbocycles.